The van der Waals surface area contributed by atoms with Crippen LogP contribution in [0.4, 0.5) is 0 Å². The van der Waals surface area contributed by atoms with Crippen molar-refractivity contribution in [3.8, 4) is 0 Å². The largest absolute Gasteiger partial charge is 0.300 e. The van der Waals surface area contributed by atoms with Gasteiger partial charge in [0.25, 0.3) is 0 Å². The number of rotatable bonds is 18. The Kier molecular flexibility index (Phi) is 11.7. The normalized spacial score (nSPS) is 11.2. The van der Waals surface area contributed by atoms with Crippen molar-refractivity contribution in [3.63, 3.8) is 0 Å². The second-order valence-corrected chi connectivity index (χ2v) is 8.37. The average molecular weight is 431 g/mol. The molecule has 0 N–H and O–H groups in total. The van der Waals surface area contributed by atoms with Crippen molar-refractivity contribution in [2.24, 2.45) is 0 Å². The Morgan fingerprint density at radius 2 is 1.26 bits per heavy atom. The zero-order chi connectivity index (χ0) is 22.3. The maximum absolute atomic E-state index is 11.3. The summed E-state index contributed by atoms with van der Waals surface area (Å²) in [6.45, 7) is 5.22. The molecule has 8 nitrogen and oxygen atoms in total. The number of aryl methyl sites for hydroxylation is 4. The van der Waals surface area contributed by atoms with Crippen LogP contribution in [0.3, 0.4) is 0 Å². The Morgan fingerprint density at radius 1 is 0.742 bits per heavy atom. The van der Waals surface area contributed by atoms with Crippen LogP contribution in [0.1, 0.15) is 95.9 Å². The Bertz CT molecular complexity index is 783. The molecule has 0 fully saturated rings. The summed E-state index contributed by atoms with van der Waals surface area (Å²) in [5.74, 6) is 0.588. The lowest BCUT2D eigenvalue weighted by molar-refractivity contribution is -0.119. The Morgan fingerprint density at radius 3 is 1.74 bits per heavy atom. The van der Waals surface area contributed by atoms with E-state index in [9.17, 15) is 9.59 Å². The summed E-state index contributed by atoms with van der Waals surface area (Å²) < 4.78 is 3.79. The van der Waals surface area contributed by atoms with Gasteiger partial charge in [-0.1, -0.05) is 30.2 Å². The van der Waals surface area contributed by atoms with Crippen LogP contribution in [-0.4, -0.2) is 41.6 Å². The lowest BCUT2D eigenvalue weighted by atomic mass is 10.1. The van der Waals surface area contributed by atoms with Crippen LogP contribution in [0.5, 0.6) is 0 Å². The van der Waals surface area contributed by atoms with Crippen LogP contribution in [-0.2, 0) is 35.5 Å². The first-order valence-corrected chi connectivity index (χ1v) is 11.9. The minimum atomic E-state index is 0.250. The number of aromatic nitrogens is 6. The molecule has 172 valence electrons. The van der Waals surface area contributed by atoms with E-state index in [-0.39, 0.29) is 5.78 Å². The quantitative estimate of drug-likeness (QED) is 0.330. The highest BCUT2D eigenvalue weighted by molar-refractivity contribution is 5.77. The highest BCUT2D eigenvalue weighted by Crippen LogP contribution is 2.09. The van der Waals surface area contributed by atoms with Crippen molar-refractivity contribution in [1.82, 2.24) is 30.0 Å². The van der Waals surface area contributed by atoms with Crippen LogP contribution >= 0.6 is 0 Å². The van der Waals surface area contributed by atoms with Gasteiger partial charge in [0, 0.05) is 44.7 Å². The molecule has 0 spiro atoms. The maximum Gasteiger partial charge on any atom is 0.132 e. The highest BCUT2D eigenvalue weighted by Gasteiger charge is 2.04. The van der Waals surface area contributed by atoms with Crippen LogP contribution in [0.2, 0.25) is 0 Å². The summed E-state index contributed by atoms with van der Waals surface area (Å²) in [4.78, 5) is 22.3. The number of unbranched alkanes of at least 4 members (excludes halogenated alkanes) is 5. The smallest absolute Gasteiger partial charge is 0.132 e. The van der Waals surface area contributed by atoms with Crippen molar-refractivity contribution in [2.75, 3.05) is 0 Å². The van der Waals surface area contributed by atoms with E-state index >= 15 is 0 Å². The number of carbonyl (C=O) groups is 2. The molecule has 2 aromatic rings. The highest BCUT2D eigenvalue weighted by atomic mass is 16.1. The van der Waals surface area contributed by atoms with E-state index in [4.69, 9.17) is 0 Å². The summed E-state index contributed by atoms with van der Waals surface area (Å²) >= 11 is 0. The second-order valence-electron chi connectivity index (χ2n) is 8.37. The molecule has 2 heterocycles. The van der Waals surface area contributed by atoms with Crippen LogP contribution in [0.25, 0.3) is 0 Å². The van der Waals surface area contributed by atoms with Gasteiger partial charge in [0.1, 0.15) is 11.6 Å². The average Bonchev–Trinajstić information content (AvgIpc) is 3.40. The minimum absolute atomic E-state index is 0.250. The van der Waals surface area contributed by atoms with Gasteiger partial charge in [-0.15, -0.1) is 10.2 Å². The fourth-order valence-electron chi connectivity index (χ4n) is 3.51. The minimum Gasteiger partial charge on any atom is -0.300 e. The van der Waals surface area contributed by atoms with Crippen molar-refractivity contribution in [3.05, 3.63) is 23.8 Å². The Labute approximate surface area is 185 Å². The van der Waals surface area contributed by atoms with Gasteiger partial charge >= 0.3 is 0 Å². The topological polar surface area (TPSA) is 95.6 Å². The fourth-order valence-corrected chi connectivity index (χ4v) is 3.51. The molecule has 0 saturated carbocycles. The van der Waals surface area contributed by atoms with E-state index in [1.54, 1.807) is 6.92 Å². The lowest BCUT2D eigenvalue weighted by Gasteiger charge is -2.00. The van der Waals surface area contributed by atoms with Crippen LogP contribution < -0.4 is 0 Å². The van der Waals surface area contributed by atoms with E-state index in [1.807, 2.05) is 28.7 Å². The summed E-state index contributed by atoms with van der Waals surface area (Å²) in [7, 11) is 0. The summed E-state index contributed by atoms with van der Waals surface area (Å²) in [6, 6.07) is 0. The monoisotopic (exact) mass is 430 g/mol. The Balaban J connectivity index is 1.50. The van der Waals surface area contributed by atoms with Gasteiger partial charge in [0.2, 0.25) is 0 Å². The van der Waals surface area contributed by atoms with Gasteiger partial charge in [0.05, 0.1) is 11.4 Å². The fraction of sp³-hybridized carbons (Fsp3) is 0.739. The van der Waals surface area contributed by atoms with Crippen molar-refractivity contribution in [2.45, 2.75) is 110 Å². The molecule has 0 bridgehead atoms. The number of carbonyl (C=O) groups excluding carboxylic acids is 2. The molecule has 8 heteroatoms. The van der Waals surface area contributed by atoms with E-state index in [2.05, 4.69) is 20.6 Å². The molecule has 2 aromatic heterocycles. The second kappa shape index (κ2) is 14.6. The Hall–Kier alpha value is -2.38. The number of nitrogens with zero attached hydrogens (tertiary/aromatic N) is 6. The third-order valence-electron chi connectivity index (χ3n) is 5.44. The first-order chi connectivity index (χ1) is 15.1. The molecule has 0 saturated heterocycles. The van der Waals surface area contributed by atoms with Gasteiger partial charge in [-0.3, -0.25) is 14.2 Å². The third kappa shape index (κ3) is 11.0. The van der Waals surface area contributed by atoms with Crippen molar-refractivity contribution < 1.29 is 9.59 Å². The summed E-state index contributed by atoms with van der Waals surface area (Å²) in [5, 5.41) is 16.9. The van der Waals surface area contributed by atoms with Crippen molar-refractivity contribution in [1.29, 1.82) is 0 Å². The number of hydrogen-bond donors (Lipinski definition) is 0. The van der Waals surface area contributed by atoms with E-state index in [0.29, 0.717) is 25.0 Å². The molecule has 0 aliphatic rings. The molecule has 0 radical (unpaired) electrons. The van der Waals surface area contributed by atoms with Gasteiger partial charge in [-0.2, -0.15) is 0 Å². The summed E-state index contributed by atoms with van der Waals surface area (Å²) in [5.41, 5.74) is 2.10. The first kappa shape index (κ1) is 24.9. The molecular formula is C23H38N6O2. The molecule has 0 aliphatic heterocycles. The zero-order valence-corrected chi connectivity index (χ0v) is 19.3. The van der Waals surface area contributed by atoms with Crippen LogP contribution in [0.15, 0.2) is 12.4 Å². The van der Waals surface area contributed by atoms with Crippen LogP contribution in [0, 0.1) is 0 Å². The molecule has 31 heavy (non-hydrogen) atoms. The maximum atomic E-state index is 11.3. The predicted octanol–water partition coefficient (Wildman–Crippen LogP) is 4.12. The third-order valence-corrected chi connectivity index (χ3v) is 5.44. The number of Topliss-reactive ketones (excluding diaryl/α,β-unsaturated/α-hetero) is 2. The molecule has 0 atom stereocenters. The van der Waals surface area contributed by atoms with E-state index in [1.165, 1.54) is 12.8 Å². The number of hydrogen-bond acceptors (Lipinski definition) is 6. The molecule has 0 unspecified atom stereocenters. The van der Waals surface area contributed by atoms with E-state index in [0.717, 1.165) is 75.8 Å². The lowest BCUT2D eigenvalue weighted by Crippen LogP contribution is -2.01. The predicted molar refractivity (Wildman–Crippen MR) is 120 cm³/mol. The standard InChI is InChI=1S/C23H38N6O2/c1-3-23(31)15-9-11-17-29-19-22(25-27-29)14-7-5-4-6-13-21-18-28(26-24-21)16-10-8-12-20(2)30/h18-19H,3-17H2,1-2H3. The van der Waals surface area contributed by atoms with Gasteiger partial charge in [0.15, 0.2) is 0 Å². The molecular weight excluding hydrogens is 392 g/mol. The molecule has 0 aliphatic carbocycles. The molecule has 2 rings (SSSR count). The first-order valence-electron chi connectivity index (χ1n) is 11.9. The molecule has 0 aromatic carbocycles. The molecule has 0 amide bonds. The summed E-state index contributed by atoms with van der Waals surface area (Å²) in [6.07, 6.45) is 16.3. The van der Waals surface area contributed by atoms with Crippen molar-refractivity contribution >= 4 is 11.6 Å². The van der Waals surface area contributed by atoms with Gasteiger partial charge < -0.3 is 4.79 Å². The zero-order valence-electron chi connectivity index (χ0n) is 19.3. The number of ketones is 2. The SMILES string of the molecule is CCC(=O)CCCCn1cc(CCCCCCc2cn(CCCCC(C)=O)nn2)nn1. The van der Waals surface area contributed by atoms with Gasteiger partial charge in [-0.25, -0.2) is 0 Å². The van der Waals surface area contributed by atoms with Gasteiger partial charge in [-0.05, 0) is 58.3 Å². The van der Waals surface area contributed by atoms with E-state index < -0.39 is 0 Å².